The number of rotatable bonds is 0. The first-order chi connectivity index (χ1) is 10.8. The van der Waals surface area contributed by atoms with E-state index in [1.807, 2.05) is 0 Å². The maximum atomic E-state index is 9.18. The number of hydrogen-bond acceptors (Lipinski definition) is 2. The van der Waals surface area contributed by atoms with E-state index in [0.717, 1.165) is 25.0 Å². The van der Waals surface area contributed by atoms with Gasteiger partial charge in [-0.1, -0.05) is 48.6 Å². The molecule has 2 unspecified atom stereocenters. The van der Waals surface area contributed by atoms with Crippen LogP contribution in [-0.2, 0) is 6.42 Å². The molecule has 0 heterocycles. The fourth-order valence-electron chi connectivity index (χ4n) is 4.61. The average Bonchev–Trinajstić information content (AvgIpc) is 2.73. The largest absolute Gasteiger partial charge is 0.205 e. The molecular formula is C20H20N2. The minimum Gasteiger partial charge on any atom is -0.177 e. The first kappa shape index (κ1) is 13.5. The molecule has 0 radical (unpaired) electrons. The molecule has 4 rings (SSSR count). The van der Waals surface area contributed by atoms with Crippen molar-refractivity contribution >= 4 is 5.71 Å². The third-order valence-corrected chi connectivity index (χ3v) is 5.76. The Balaban J connectivity index is 1.72. The molecule has 1 saturated carbocycles. The molecule has 22 heavy (non-hydrogen) atoms. The van der Waals surface area contributed by atoms with Gasteiger partial charge < -0.3 is 0 Å². The van der Waals surface area contributed by atoms with Gasteiger partial charge in [0.15, 0.2) is 0 Å². The van der Waals surface area contributed by atoms with Crippen molar-refractivity contribution in [2.45, 2.75) is 32.1 Å². The Labute approximate surface area is 131 Å². The van der Waals surface area contributed by atoms with E-state index >= 15 is 0 Å². The highest BCUT2D eigenvalue weighted by molar-refractivity contribution is 6.09. The topological polar surface area (TPSA) is 36.1 Å². The van der Waals surface area contributed by atoms with Crippen molar-refractivity contribution < 1.29 is 0 Å². The van der Waals surface area contributed by atoms with Crippen LogP contribution in [0.15, 0.2) is 53.6 Å². The number of aliphatic imine (C=N–C) groups is 1. The van der Waals surface area contributed by atoms with E-state index in [-0.39, 0.29) is 5.41 Å². The molecule has 110 valence electrons. The Morgan fingerprint density at radius 3 is 2.41 bits per heavy atom. The lowest BCUT2D eigenvalue weighted by atomic mass is 9.76. The highest BCUT2D eigenvalue weighted by atomic mass is 14.8. The highest BCUT2D eigenvalue weighted by Crippen LogP contribution is 2.49. The molecule has 2 heteroatoms. The molecule has 0 bridgehead atoms. The van der Waals surface area contributed by atoms with E-state index in [1.165, 1.54) is 24.0 Å². The van der Waals surface area contributed by atoms with Gasteiger partial charge in [0.2, 0.25) is 6.19 Å². The molecule has 3 aliphatic rings. The Bertz CT molecular complexity index is 695. The van der Waals surface area contributed by atoms with Crippen LogP contribution in [0.5, 0.6) is 0 Å². The normalized spacial score (nSPS) is 34.2. The minimum absolute atomic E-state index is 0.0818. The van der Waals surface area contributed by atoms with Gasteiger partial charge in [-0.3, -0.25) is 0 Å². The van der Waals surface area contributed by atoms with Gasteiger partial charge in [-0.2, -0.15) is 10.3 Å². The maximum Gasteiger partial charge on any atom is 0.205 e. The van der Waals surface area contributed by atoms with Crippen molar-refractivity contribution in [2.24, 2.45) is 22.2 Å². The Morgan fingerprint density at radius 1 is 1.05 bits per heavy atom. The molecule has 2 atom stereocenters. The molecule has 1 aromatic carbocycles. The number of nitrogens with zero attached hydrogens (tertiary/aromatic N) is 2. The first-order valence-electron chi connectivity index (χ1n) is 8.23. The number of hydrogen-bond donors (Lipinski definition) is 0. The Morgan fingerprint density at radius 2 is 1.73 bits per heavy atom. The number of benzene rings is 1. The fraction of sp³-hybridized carbons (Fsp3) is 0.400. The molecule has 0 saturated heterocycles. The summed E-state index contributed by atoms with van der Waals surface area (Å²) >= 11 is 0. The van der Waals surface area contributed by atoms with E-state index in [9.17, 15) is 5.26 Å². The van der Waals surface area contributed by atoms with E-state index in [2.05, 4.69) is 59.8 Å². The molecule has 0 amide bonds. The monoisotopic (exact) mass is 288 g/mol. The summed E-state index contributed by atoms with van der Waals surface area (Å²) in [5.41, 5.74) is 3.71. The molecule has 0 N–H and O–H groups in total. The van der Waals surface area contributed by atoms with Gasteiger partial charge in [0.05, 0.1) is 5.71 Å². The van der Waals surface area contributed by atoms with Crippen molar-refractivity contribution in [3.8, 4) is 6.19 Å². The van der Waals surface area contributed by atoms with Crippen molar-refractivity contribution in [2.75, 3.05) is 0 Å². The van der Waals surface area contributed by atoms with Crippen LogP contribution < -0.4 is 0 Å². The van der Waals surface area contributed by atoms with Gasteiger partial charge in [-0.25, -0.2) is 0 Å². The predicted molar refractivity (Wildman–Crippen MR) is 88.5 cm³/mol. The Kier molecular flexibility index (Phi) is 3.22. The smallest absolute Gasteiger partial charge is 0.177 e. The summed E-state index contributed by atoms with van der Waals surface area (Å²) in [6.45, 7) is 0. The summed E-state index contributed by atoms with van der Waals surface area (Å²) in [6, 6.07) is 8.50. The van der Waals surface area contributed by atoms with Crippen LogP contribution in [0.25, 0.3) is 0 Å². The fourth-order valence-corrected chi connectivity index (χ4v) is 4.61. The number of allylic oxidation sites excluding steroid dienone is 4. The lowest BCUT2D eigenvalue weighted by Crippen LogP contribution is -2.28. The third-order valence-electron chi connectivity index (χ3n) is 5.76. The van der Waals surface area contributed by atoms with Gasteiger partial charge in [0.25, 0.3) is 0 Å². The quantitative estimate of drug-likeness (QED) is 0.650. The maximum absolute atomic E-state index is 9.18. The molecule has 0 aromatic heterocycles. The van der Waals surface area contributed by atoms with Crippen LogP contribution in [0, 0.1) is 28.7 Å². The van der Waals surface area contributed by atoms with E-state index < -0.39 is 0 Å². The summed E-state index contributed by atoms with van der Waals surface area (Å²) in [6.07, 6.45) is 16.9. The van der Waals surface area contributed by atoms with Crippen molar-refractivity contribution in [1.29, 1.82) is 5.26 Å². The van der Waals surface area contributed by atoms with Gasteiger partial charge in [0.1, 0.15) is 0 Å². The van der Waals surface area contributed by atoms with Crippen LogP contribution in [0.4, 0.5) is 0 Å². The molecule has 1 spiro atoms. The Hall–Kier alpha value is -2.14. The second-order valence-electron chi connectivity index (χ2n) is 6.85. The van der Waals surface area contributed by atoms with Crippen molar-refractivity contribution in [1.82, 2.24) is 0 Å². The zero-order valence-corrected chi connectivity index (χ0v) is 12.7. The van der Waals surface area contributed by atoms with E-state index in [4.69, 9.17) is 0 Å². The second kappa shape index (κ2) is 5.25. The first-order valence-corrected chi connectivity index (χ1v) is 8.23. The summed E-state index contributed by atoms with van der Waals surface area (Å²) in [5, 5.41) is 9.18. The molecule has 0 aliphatic heterocycles. The summed E-state index contributed by atoms with van der Waals surface area (Å²) < 4.78 is 0. The van der Waals surface area contributed by atoms with Crippen molar-refractivity contribution in [3.63, 3.8) is 0 Å². The SMILES string of the molecule is N#CN=C1c2ccccc2CC12CCC1C=CC=CC1CC2. The standard InChI is InChI=1S/C20H20N2/c21-14-22-19-18-8-4-3-7-17(18)13-20(19)11-9-15-5-1-2-6-16(15)10-12-20/h1-8,15-16H,9-13H2. The van der Waals surface area contributed by atoms with Crippen LogP contribution in [-0.4, -0.2) is 5.71 Å². The summed E-state index contributed by atoms with van der Waals surface area (Å²) in [5.74, 6) is 1.33. The van der Waals surface area contributed by atoms with Crippen LogP contribution in [0.2, 0.25) is 0 Å². The van der Waals surface area contributed by atoms with Crippen LogP contribution in [0.1, 0.15) is 36.8 Å². The molecule has 2 nitrogen and oxygen atoms in total. The van der Waals surface area contributed by atoms with E-state index in [0.29, 0.717) is 11.8 Å². The molecule has 1 fully saturated rings. The highest BCUT2D eigenvalue weighted by Gasteiger charge is 2.45. The predicted octanol–water partition coefficient (Wildman–Crippen LogP) is 4.43. The summed E-state index contributed by atoms with van der Waals surface area (Å²) in [4.78, 5) is 4.29. The third kappa shape index (κ3) is 2.04. The van der Waals surface area contributed by atoms with Gasteiger partial charge in [-0.05, 0) is 49.5 Å². The lowest BCUT2D eigenvalue weighted by Gasteiger charge is -2.28. The zero-order chi connectivity index (χ0) is 15.0. The molecule has 3 aliphatic carbocycles. The van der Waals surface area contributed by atoms with Gasteiger partial charge >= 0.3 is 0 Å². The van der Waals surface area contributed by atoms with Gasteiger partial charge in [-0.15, -0.1) is 0 Å². The van der Waals surface area contributed by atoms with Crippen molar-refractivity contribution in [3.05, 3.63) is 59.7 Å². The second-order valence-corrected chi connectivity index (χ2v) is 6.85. The number of fused-ring (bicyclic) bond motifs is 2. The van der Waals surface area contributed by atoms with Crippen LogP contribution in [0.3, 0.4) is 0 Å². The average molecular weight is 288 g/mol. The van der Waals surface area contributed by atoms with Gasteiger partial charge in [0, 0.05) is 11.0 Å². The summed E-state index contributed by atoms with van der Waals surface area (Å²) in [7, 11) is 0. The van der Waals surface area contributed by atoms with Crippen LogP contribution >= 0.6 is 0 Å². The zero-order valence-electron chi connectivity index (χ0n) is 12.7. The lowest BCUT2D eigenvalue weighted by molar-refractivity contribution is 0.368. The minimum atomic E-state index is 0.0818. The number of nitriles is 1. The molecule has 1 aromatic rings. The molecular weight excluding hydrogens is 268 g/mol. The van der Waals surface area contributed by atoms with E-state index in [1.54, 1.807) is 0 Å².